The summed E-state index contributed by atoms with van der Waals surface area (Å²) in [6.45, 7) is 4.48. The fourth-order valence-corrected chi connectivity index (χ4v) is 2.33. The first-order chi connectivity index (χ1) is 7.24. The van der Waals surface area contributed by atoms with E-state index in [-0.39, 0.29) is 0 Å². The number of hydrogen-bond acceptors (Lipinski definition) is 1. The summed E-state index contributed by atoms with van der Waals surface area (Å²) in [6, 6.07) is 6.57. The number of anilines is 1. The highest BCUT2D eigenvalue weighted by molar-refractivity contribution is 5.57. The monoisotopic (exact) mass is 203 g/mol. The topological polar surface area (TPSA) is 26.0 Å². The van der Waals surface area contributed by atoms with Crippen molar-refractivity contribution < 1.29 is 0 Å². The van der Waals surface area contributed by atoms with E-state index in [9.17, 15) is 0 Å². The molecule has 0 aliphatic heterocycles. The molecule has 0 spiro atoms. The molecule has 1 atom stereocenters. The molecule has 0 saturated heterocycles. The molecule has 1 aliphatic rings. The van der Waals surface area contributed by atoms with E-state index in [0.717, 1.165) is 11.6 Å². The van der Waals surface area contributed by atoms with Crippen molar-refractivity contribution in [2.24, 2.45) is 0 Å². The Balaban J connectivity index is 2.32. The Morgan fingerprint density at radius 1 is 1.40 bits per heavy atom. The van der Waals surface area contributed by atoms with Crippen LogP contribution in [-0.4, -0.2) is 0 Å². The fourth-order valence-electron chi connectivity index (χ4n) is 2.33. The summed E-state index contributed by atoms with van der Waals surface area (Å²) >= 11 is 0. The van der Waals surface area contributed by atoms with Crippen LogP contribution in [0, 0.1) is 0 Å². The van der Waals surface area contributed by atoms with Crippen LogP contribution in [0.3, 0.4) is 0 Å². The van der Waals surface area contributed by atoms with Crippen LogP contribution in [0.2, 0.25) is 0 Å². The average Bonchev–Trinajstić information content (AvgIpc) is 2.17. The predicted octanol–water partition coefficient (Wildman–Crippen LogP) is 4.05. The molecule has 0 radical (unpaired) electrons. The number of para-hydroxylation sites is 1. The van der Waals surface area contributed by atoms with Gasteiger partial charge in [0.05, 0.1) is 0 Å². The van der Waals surface area contributed by atoms with Crippen molar-refractivity contribution in [3.05, 3.63) is 29.3 Å². The predicted molar refractivity (Wildman–Crippen MR) is 66.2 cm³/mol. The Morgan fingerprint density at radius 3 is 2.67 bits per heavy atom. The smallest absolute Gasteiger partial charge is 0.0384 e. The molecule has 1 unspecified atom stereocenters. The van der Waals surface area contributed by atoms with Gasteiger partial charge in [-0.25, -0.2) is 0 Å². The molecule has 2 rings (SSSR count). The largest absolute Gasteiger partial charge is 0.398 e. The standard InChI is InChI=1S/C14H21N/c1-3-10(2)12-8-5-9-13(14(12)15)11-6-4-7-11/h5,8-11H,3-4,6-7,15H2,1-2H3. The molecule has 0 amide bonds. The quantitative estimate of drug-likeness (QED) is 0.737. The molecule has 1 fully saturated rings. The minimum atomic E-state index is 0.588. The van der Waals surface area contributed by atoms with Gasteiger partial charge in [0.15, 0.2) is 0 Å². The lowest BCUT2D eigenvalue weighted by Crippen LogP contribution is -2.12. The van der Waals surface area contributed by atoms with Gasteiger partial charge in [0.2, 0.25) is 0 Å². The van der Waals surface area contributed by atoms with Gasteiger partial charge in [-0.3, -0.25) is 0 Å². The first kappa shape index (κ1) is 10.5. The van der Waals surface area contributed by atoms with E-state index in [1.807, 2.05) is 0 Å². The summed E-state index contributed by atoms with van der Waals surface area (Å²) in [6.07, 6.45) is 5.19. The minimum absolute atomic E-state index is 0.588. The third-order valence-corrected chi connectivity index (χ3v) is 3.86. The highest BCUT2D eigenvalue weighted by Gasteiger charge is 2.22. The van der Waals surface area contributed by atoms with E-state index in [1.54, 1.807) is 0 Å². The summed E-state index contributed by atoms with van der Waals surface area (Å²) in [5.74, 6) is 1.33. The maximum atomic E-state index is 6.27. The SMILES string of the molecule is CCC(C)c1cccc(C2CCC2)c1N. The van der Waals surface area contributed by atoms with Crippen LogP contribution in [0.5, 0.6) is 0 Å². The zero-order valence-electron chi connectivity index (χ0n) is 9.79. The molecule has 1 aromatic carbocycles. The lowest BCUT2D eigenvalue weighted by molar-refractivity contribution is 0.420. The number of rotatable bonds is 3. The van der Waals surface area contributed by atoms with Crippen LogP contribution in [0.1, 0.15) is 62.5 Å². The molecule has 0 bridgehead atoms. The van der Waals surface area contributed by atoms with Crippen molar-refractivity contribution in [2.75, 3.05) is 5.73 Å². The van der Waals surface area contributed by atoms with Crippen LogP contribution < -0.4 is 5.73 Å². The Kier molecular flexibility index (Phi) is 2.99. The Morgan fingerprint density at radius 2 is 2.13 bits per heavy atom. The van der Waals surface area contributed by atoms with E-state index in [0.29, 0.717) is 5.92 Å². The highest BCUT2D eigenvalue weighted by Crippen LogP contribution is 2.41. The van der Waals surface area contributed by atoms with Crippen molar-refractivity contribution in [3.63, 3.8) is 0 Å². The van der Waals surface area contributed by atoms with Crippen LogP contribution in [0.4, 0.5) is 5.69 Å². The molecule has 0 aromatic heterocycles. The molecule has 0 heterocycles. The van der Waals surface area contributed by atoms with E-state index in [1.165, 1.54) is 36.8 Å². The molecular formula is C14H21N. The second-order valence-electron chi connectivity index (χ2n) is 4.79. The summed E-state index contributed by atoms with van der Waals surface area (Å²) in [5.41, 5.74) is 10.1. The van der Waals surface area contributed by atoms with Crippen molar-refractivity contribution in [3.8, 4) is 0 Å². The van der Waals surface area contributed by atoms with Gasteiger partial charge in [-0.05, 0) is 42.2 Å². The van der Waals surface area contributed by atoms with E-state index in [4.69, 9.17) is 5.73 Å². The van der Waals surface area contributed by atoms with Gasteiger partial charge < -0.3 is 5.73 Å². The van der Waals surface area contributed by atoms with E-state index in [2.05, 4.69) is 32.0 Å². The molecule has 1 saturated carbocycles. The number of hydrogen-bond donors (Lipinski definition) is 1. The zero-order chi connectivity index (χ0) is 10.8. The van der Waals surface area contributed by atoms with Gasteiger partial charge in [-0.1, -0.05) is 38.5 Å². The summed E-state index contributed by atoms with van der Waals surface area (Å²) in [7, 11) is 0. The van der Waals surface area contributed by atoms with Crippen LogP contribution in [-0.2, 0) is 0 Å². The second-order valence-corrected chi connectivity index (χ2v) is 4.79. The Labute approximate surface area is 92.7 Å². The number of benzene rings is 1. The lowest BCUT2D eigenvalue weighted by Gasteiger charge is -2.28. The second kappa shape index (κ2) is 4.26. The summed E-state index contributed by atoms with van der Waals surface area (Å²) in [4.78, 5) is 0. The van der Waals surface area contributed by atoms with Crippen LogP contribution in [0.25, 0.3) is 0 Å². The summed E-state index contributed by atoms with van der Waals surface area (Å²) in [5, 5.41) is 0. The fraction of sp³-hybridized carbons (Fsp3) is 0.571. The van der Waals surface area contributed by atoms with Gasteiger partial charge in [0, 0.05) is 5.69 Å². The molecule has 1 heteroatoms. The van der Waals surface area contributed by atoms with E-state index >= 15 is 0 Å². The van der Waals surface area contributed by atoms with Gasteiger partial charge in [0.1, 0.15) is 0 Å². The maximum Gasteiger partial charge on any atom is 0.0384 e. The maximum absolute atomic E-state index is 6.27. The Bertz CT molecular complexity index is 316. The molecule has 1 nitrogen and oxygen atoms in total. The van der Waals surface area contributed by atoms with Gasteiger partial charge in [-0.15, -0.1) is 0 Å². The first-order valence-electron chi connectivity index (χ1n) is 6.12. The summed E-state index contributed by atoms with van der Waals surface area (Å²) < 4.78 is 0. The van der Waals surface area contributed by atoms with E-state index < -0.39 is 0 Å². The van der Waals surface area contributed by atoms with Crippen molar-refractivity contribution in [1.82, 2.24) is 0 Å². The van der Waals surface area contributed by atoms with Crippen molar-refractivity contribution in [2.45, 2.75) is 51.4 Å². The van der Waals surface area contributed by atoms with Gasteiger partial charge >= 0.3 is 0 Å². The van der Waals surface area contributed by atoms with Crippen LogP contribution in [0.15, 0.2) is 18.2 Å². The third kappa shape index (κ3) is 1.88. The van der Waals surface area contributed by atoms with Gasteiger partial charge in [-0.2, -0.15) is 0 Å². The molecule has 15 heavy (non-hydrogen) atoms. The molecule has 1 aliphatic carbocycles. The number of nitrogens with two attached hydrogens (primary N) is 1. The van der Waals surface area contributed by atoms with Crippen LogP contribution >= 0.6 is 0 Å². The third-order valence-electron chi connectivity index (χ3n) is 3.86. The normalized spacial score (nSPS) is 18.5. The first-order valence-corrected chi connectivity index (χ1v) is 6.12. The highest BCUT2D eigenvalue weighted by atomic mass is 14.6. The molecule has 82 valence electrons. The average molecular weight is 203 g/mol. The lowest BCUT2D eigenvalue weighted by atomic mass is 9.78. The van der Waals surface area contributed by atoms with Crippen molar-refractivity contribution >= 4 is 5.69 Å². The number of nitrogen functional groups attached to an aromatic ring is 1. The Hall–Kier alpha value is -0.980. The minimum Gasteiger partial charge on any atom is -0.398 e. The van der Waals surface area contributed by atoms with Crippen molar-refractivity contribution in [1.29, 1.82) is 0 Å². The zero-order valence-corrected chi connectivity index (χ0v) is 9.79. The molecule has 1 aromatic rings. The molecular weight excluding hydrogens is 182 g/mol. The van der Waals surface area contributed by atoms with Gasteiger partial charge in [0.25, 0.3) is 0 Å². The molecule has 2 N–H and O–H groups in total.